The molecule has 34 heavy (non-hydrogen) atoms. The Hall–Kier alpha value is -3.35. The second-order valence-corrected chi connectivity index (χ2v) is 9.52. The Balaban J connectivity index is 1.51. The van der Waals surface area contributed by atoms with E-state index in [0.29, 0.717) is 22.0 Å². The van der Waals surface area contributed by atoms with E-state index in [1.54, 1.807) is 42.5 Å². The summed E-state index contributed by atoms with van der Waals surface area (Å²) >= 11 is 6.87. The quantitative estimate of drug-likeness (QED) is 0.282. The van der Waals surface area contributed by atoms with Gasteiger partial charge in [-0.15, -0.1) is 0 Å². The number of aromatic nitrogens is 1. The Morgan fingerprint density at radius 1 is 0.941 bits per heavy atom. The molecule has 0 radical (unpaired) electrons. The van der Waals surface area contributed by atoms with Gasteiger partial charge in [0.05, 0.1) is 18.0 Å². The molecule has 4 aromatic rings. The number of carbonyl (C=O) groups excluding carboxylic acids is 2. The lowest BCUT2D eigenvalue weighted by molar-refractivity contribution is -0.123. The second kappa shape index (κ2) is 9.12. The van der Waals surface area contributed by atoms with E-state index in [4.69, 9.17) is 11.6 Å². The molecule has 0 N–H and O–H groups in total. The molecule has 1 aliphatic heterocycles. The number of benzene rings is 3. The third-order valence-corrected chi connectivity index (χ3v) is 7.13. The number of imide groups is 1. The van der Waals surface area contributed by atoms with Crippen LogP contribution < -0.4 is 0 Å². The number of thioether (sulfide) groups is 1. The first kappa shape index (κ1) is 22.4. The minimum atomic E-state index is -0.324. The average molecular weight is 491 g/mol. The molecule has 170 valence electrons. The van der Waals surface area contributed by atoms with Crippen LogP contribution in [0.5, 0.6) is 0 Å². The molecule has 0 unspecified atom stereocenters. The molecule has 5 rings (SSSR count). The zero-order chi connectivity index (χ0) is 23.8. The first-order valence-corrected chi connectivity index (χ1v) is 11.9. The summed E-state index contributed by atoms with van der Waals surface area (Å²) in [5.74, 6) is -0.583. The molecule has 3 aromatic carbocycles. The van der Waals surface area contributed by atoms with Crippen molar-refractivity contribution < 1.29 is 14.0 Å². The molecule has 0 spiro atoms. The lowest BCUT2D eigenvalue weighted by atomic mass is 10.1. The highest BCUT2D eigenvalue weighted by Crippen LogP contribution is 2.36. The van der Waals surface area contributed by atoms with Crippen LogP contribution in [0, 0.1) is 12.7 Å². The van der Waals surface area contributed by atoms with Crippen molar-refractivity contribution in [2.75, 3.05) is 0 Å². The predicted octanol–water partition coefficient (Wildman–Crippen LogP) is 7.03. The second-order valence-electron chi connectivity index (χ2n) is 8.09. The smallest absolute Gasteiger partial charge is 0.293 e. The topological polar surface area (TPSA) is 42.3 Å². The minimum Gasteiger partial charge on any atom is -0.340 e. The van der Waals surface area contributed by atoms with Gasteiger partial charge in [-0.05, 0) is 54.6 Å². The van der Waals surface area contributed by atoms with Crippen LogP contribution in [0.25, 0.3) is 17.0 Å². The van der Waals surface area contributed by atoms with E-state index in [9.17, 15) is 14.0 Å². The molecular weight excluding hydrogens is 471 g/mol. The summed E-state index contributed by atoms with van der Waals surface area (Å²) in [6, 6.07) is 21.6. The highest BCUT2D eigenvalue weighted by molar-refractivity contribution is 8.18. The van der Waals surface area contributed by atoms with Crippen molar-refractivity contribution in [3.8, 4) is 0 Å². The van der Waals surface area contributed by atoms with Crippen molar-refractivity contribution >= 4 is 51.5 Å². The Labute approximate surface area is 205 Å². The third-order valence-electron chi connectivity index (χ3n) is 5.97. The summed E-state index contributed by atoms with van der Waals surface area (Å²) in [5, 5.41) is 1.24. The third kappa shape index (κ3) is 4.15. The summed E-state index contributed by atoms with van der Waals surface area (Å²) < 4.78 is 16.4. The van der Waals surface area contributed by atoms with Crippen molar-refractivity contribution in [1.29, 1.82) is 0 Å². The number of carbonyl (C=O) groups is 2. The minimum absolute atomic E-state index is 0.188. The fourth-order valence-corrected chi connectivity index (χ4v) is 5.13. The van der Waals surface area contributed by atoms with Gasteiger partial charge in [-0.1, -0.05) is 60.1 Å². The van der Waals surface area contributed by atoms with Crippen molar-refractivity contribution in [2.24, 2.45) is 0 Å². The summed E-state index contributed by atoms with van der Waals surface area (Å²) in [6.07, 6.45) is 1.78. The molecule has 7 heteroatoms. The van der Waals surface area contributed by atoms with Crippen LogP contribution in [0.1, 0.15) is 22.4 Å². The largest absolute Gasteiger partial charge is 0.340 e. The monoisotopic (exact) mass is 490 g/mol. The number of amides is 2. The van der Waals surface area contributed by atoms with Crippen molar-refractivity contribution in [2.45, 2.75) is 20.0 Å². The van der Waals surface area contributed by atoms with Gasteiger partial charge in [-0.3, -0.25) is 14.5 Å². The lowest BCUT2D eigenvalue weighted by Crippen LogP contribution is -2.27. The first-order chi connectivity index (χ1) is 16.4. The van der Waals surface area contributed by atoms with Gasteiger partial charge in [0.15, 0.2) is 0 Å². The van der Waals surface area contributed by atoms with Crippen LogP contribution in [-0.4, -0.2) is 20.6 Å². The standard InChI is InChI=1S/C27H20ClFN2O2S/c1-17-22(14-25-26(32)31(27(33)34-25)15-18-10-12-20(28)13-11-18)21-7-3-5-9-24(21)30(17)16-19-6-2-4-8-23(19)29/h2-14H,15-16H2,1H3/b25-14+. The number of hydrogen-bond acceptors (Lipinski definition) is 3. The highest BCUT2D eigenvalue weighted by atomic mass is 35.5. The molecule has 4 nitrogen and oxygen atoms in total. The average Bonchev–Trinajstić information content (AvgIpc) is 3.25. The van der Waals surface area contributed by atoms with Crippen LogP contribution in [0.15, 0.2) is 77.7 Å². The Kier molecular flexibility index (Phi) is 6.02. The van der Waals surface area contributed by atoms with E-state index in [-0.39, 0.29) is 23.5 Å². The molecule has 0 aliphatic carbocycles. The maximum absolute atomic E-state index is 14.4. The van der Waals surface area contributed by atoms with Gasteiger partial charge in [0.1, 0.15) is 5.82 Å². The van der Waals surface area contributed by atoms with Gasteiger partial charge in [-0.2, -0.15) is 0 Å². The van der Waals surface area contributed by atoms with Crippen LogP contribution in [0.2, 0.25) is 5.02 Å². The molecular formula is C27H20ClFN2O2S. The van der Waals surface area contributed by atoms with Crippen LogP contribution in [0.4, 0.5) is 9.18 Å². The number of nitrogens with zero attached hydrogens (tertiary/aromatic N) is 2. The van der Waals surface area contributed by atoms with Crippen molar-refractivity contribution in [1.82, 2.24) is 9.47 Å². The molecule has 2 heterocycles. The summed E-state index contributed by atoms with van der Waals surface area (Å²) in [6.45, 7) is 2.50. The number of rotatable bonds is 5. The zero-order valence-corrected chi connectivity index (χ0v) is 19.9. The SMILES string of the molecule is Cc1c(/C=C2/SC(=O)N(Cc3ccc(Cl)cc3)C2=O)c2ccccc2n1Cc1ccccc1F. The van der Waals surface area contributed by atoms with Gasteiger partial charge in [0, 0.05) is 32.7 Å². The Morgan fingerprint density at radius 3 is 2.41 bits per heavy atom. The molecule has 0 atom stereocenters. The molecule has 1 aromatic heterocycles. The normalized spacial score (nSPS) is 15.1. The van der Waals surface area contributed by atoms with E-state index < -0.39 is 0 Å². The molecule has 0 bridgehead atoms. The molecule has 1 aliphatic rings. The molecule has 1 saturated heterocycles. The van der Waals surface area contributed by atoms with Gasteiger partial charge < -0.3 is 4.57 Å². The fourth-order valence-electron chi connectivity index (χ4n) is 4.18. The molecule has 1 fully saturated rings. The highest BCUT2D eigenvalue weighted by Gasteiger charge is 2.35. The van der Waals surface area contributed by atoms with Gasteiger partial charge in [0.2, 0.25) is 0 Å². The van der Waals surface area contributed by atoms with E-state index in [2.05, 4.69) is 0 Å². The van der Waals surface area contributed by atoms with Crippen molar-refractivity contribution in [3.63, 3.8) is 0 Å². The lowest BCUT2D eigenvalue weighted by Gasteiger charge is -2.12. The van der Waals surface area contributed by atoms with Crippen molar-refractivity contribution in [3.05, 3.63) is 111 Å². The maximum atomic E-state index is 14.4. The number of fused-ring (bicyclic) bond motifs is 1. The maximum Gasteiger partial charge on any atom is 0.293 e. The summed E-state index contributed by atoms with van der Waals surface area (Å²) in [4.78, 5) is 27.4. The van der Waals surface area contributed by atoms with Crippen LogP contribution >= 0.6 is 23.4 Å². The van der Waals surface area contributed by atoms with E-state index >= 15 is 0 Å². The van der Waals surface area contributed by atoms with E-state index in [0.717, 1.165) is 39.5 Å². The first-order valence-electron chi connectivity index (χ1n) is 10.7. The number of hydrogen-bond donors (Lipinski definition) is 0. The zero-order valence-electron chi connectivity index (χ0n) is 18.3. The number of halogens is 2. The number of para-hydroxylation sites is 1. The summed E-state index contributed by atoms with van der Waals surface area (Å²) in [7, 11) is 0. The van der Waals surface area contributed by atoms with E-state index in [1.165, 1.54) is 11.0 Å². The fraction of sp³-hybridized carbons (Fsp3) is 0.111. The predicted molar refractivity (Wildman–Crippen MR) is 135 cm³/mol. The van der Waals surface area contributed by atoms with Gasteiger partial charge in [-0.25, -0.2) is 4.39 Å². The van der Waals surface area contributed by atoms with Crippen LogP contribution in [0.3, 0.4) is 0 Å². The van der Waals surface area contributed by atoms with Gasteiger partial charge >= 0.3 is 0 Å². The Bertz CT molecular complexity index is 1460. The Morgan fingerprint density at radius 2 is 1.65 bits per heavy atom. The molecule has 0 saturated carbocycles. The molecule has 2 amide bonds. The summed E-state index contributed by atoms with van der Waals surface area (Å²) in [5.41, 5.74) is 4.10. The van der Waals surface area contributed by atoms with E-state index in [1.807, 2.05) is 41.8 Å². The van der Waals surface area contributed by atoms with Gasteiger partial charge in [0.25, 0.3) is 11.1 Å². The van der Waals surface area contributed by atoms with Crippen LogP contribution in [-0.2, 0) is 17.9 Å².